The van der Waals surface area contributed by atoms with Gasteiger partial charge >= 0.3 is 6.09 Å². The third-order valence-electron chi connectivity index (χ3n) is 2.40. The molecule has 0 bridgehead atoms. The lowest BCUT2D eigenvalue weighted by Crippen LogP contribution is -2.17. The monoisotopic (exact) mass is 274 g/mol. The summed E-state index contributed by atoms with van der Waals surface area (Å²) >= 11 is 0. The van der Waals surface area contributed by atoms with Gasteiger partial charge in [-0.15, -0.1) is 0 Å². The van der Waals surface area contributed by atoms with Crippen LogP contribution in [0.3, 0.4) is 0 Å². The van der Waals surface area contributed by atoms with E-state index in [4.69, 9.17) is 14.2 Å². The minimum atomic E-state index is -0.640. The lowest BCUT2D eigenvalue weighted by atomic mass is 10.3. The Morgan fingerprint density at radius 3 is 2.45 bits per heavy atom. The van der Waals surface area contributed by atoms with E-state index in [1.165, 1.54) is 14.2 Å². The van der Waals surface area contributed by atoms with E-state index in [0.717, 1.165) is 0 Å². The van der Waals surface area contributed by atoms with Gasteiger partial charge in [0.25, 0.3) is 0 Å². The van der Waals surface area contributed by atoms with Crippen molar-refractivity contribution in [3.63, 3.8) is 0 Å². The number of pyridine rings is 1. The molecule has 6 nitrogen and oxygen atoms in total. The minimum Gasteiger partial charge on any atom is -0.496 e. The van der Waals surface area contributed by atoms with Crippen molar-refractivity contribution in [1.82, 2.24) is 4.98 Å². The van der Waals surface area contributed by atoms with Crippen LogP contribution in [0.25, 0.3) is 0 Å². The van der Waals surface area contributed by atoms with Gasteiger partial charge in [0.15, 0.2) is 0 Å². The van der Waals surface area contributed by atoms with Crippen LogP contribution in [0.5, 0.6) is 17.4 Å². The summed E-state index contributed by atoms with van der Waals surface area (Å²) in [5.74, 6) is 1.58. The fraction of sp³-hybridized carbons (Fsp3) is 0.143. The molecule has 2 rings (SSSR count). The van der Waals surface area contributed by atoms with Crippen molar-refractivity contribution >= 4 is 11.9 Å². The third kappa shape index (κ3) is 3.61. The summed E-state index contributed by atoms with van der Waals surface area (Å²) in [5, 5.41) is 2.51. The van der Waals surface area contributed by atoms with Crippen LogP contribution < -0.4 is 19.5 Å². The molecule has 20 heavy (non-hydrogen) atoms. The molecule has 0 fully saturated rings. The number of benzene rings is 1. The van der Waals surface area contributed by atoms with Gasteiger partial charge in [-0.05, 0) is 12.1 Å². The van der Waals surface area contributed by atoms with E-state index >= 15 is 0 Å². The van der Waals surface area contributed by atoms with Gasteiger partial charge in [0, 0.05) is 12.1 Å². The Bertz CT molecular complexity index is 565. The average molecular weight is 274 g/mol. The van der Waals surface area contributed by atoms with Crippen LogP contribution >= 0.6 is 0 Å². The zero-order valence-corrected chi connectivity index (χ0v) is 11.1. The lowest BCUT2D eigenvalue weighted by Gasteiger charge is -2.09. The summed E-state index contributed by atoms with van der Waals surface area (Å²) in [6.07, 6.45) is -0.640. The van der Waals surface area contributed by atoms with Crippen LogP contribution in [0, 0.1) is 0 Å². The molecule has 0 aliphatic carbocycles. The van der Waals surface area contributed by atoms with Gasteiger partial charge in [-0.3, -0.25) is 5.32 Å². The number of nitrogens with zero attached hydrogens (tertiary/aromatic N) is 1. The number of para-hydroxylation sites is 1. The van der Waals surface area contributed by atoms with Crippen LogP contribution in [0.4, 0.5) is 10.6 Å². The second-order valence-electron chi connectivity index (χ2n) is 3.76. The van der Waals surface area contributed by atoms with Crippen molar-refractivity contribution in [1.29, 1.82) is 0 Å². The minimum absolute atomic E-state index is 0.280. The van der Waals surface area contributed by atoms with E-state index < -0.39 is 6.09 Å². The van der Waals surface area contributed by atoms with Gasteiger partial charge in [0.2, 0.25) is 5.88 Å². The molecular weight excluding hydrogens is 260 g/mol. The standard InChI is InChI=1S/C14H14N2O4/c1-18-11-8-12(15-13(9-11)19-2)16-14(17)20-10-6-4-3-5-7-10/h3-9H,1-2H3,(H,15,16,17). The zero-order valence-electron chi connectivity index (χ0n) is 11.1. The molecule has 0 saturated carbocycles. The third-order valence-corrected chi connectivity index (χ3v) is 2.40. The quantitative estimate of drug-likeness (QED) is 0.928. The largest absolute Gasteiger partial charge is 0.496 e. The van der Waals surface area contributed by atoms with Gasteiger partial charge in [-0.25, -0.2) is 4.79 Å². The Balaban J connectivity index is 2.07. The fourth-order valence-electron chi connectivity index (χ4n) is 1.49. The highest BCUT2D eigenvalue weighted by Crippen LogP contribution is 2.22. The smallest absolute Gasteiger partial charge is 0.418 e. The number of rotatable bonds is 4. The summed E-state index contributed by atoms with van der Waals surface area (Å²) in [6, 6.07) is 11.9. The summed E-state index contributed by atoms with van der Waals surface area (Å²) in [4.78, 5) is 15.8. The van der Waals surface area contributed by atoms with Gasteiger partial charge in [-0.2, -0.15) is 4.98 Å². The first-order valence-electron chi connectivity index (χ1n) is 5.85. The van der Waals surface area contributed by atoms with Crippen LogP contribution in [0.1, 0.15) is 0 Å². The van der Waals surface area contributed by atoms with E-state index in [2.05, 4.69) is 10.3 Å². The fourth-order valence-corrected chi connectivity index (χ4v) is 1.49. The van der Waals surface area contributed by atoms with E-state index in [1.54, 1.807) is 36.4 Å². The highest BCUT2D eigenvalue weighted by Gasteiger charge is 2.09. The predicted octanol–water partition coefficient (Wildman–Crippen LogP) is 2.71. The molecule has 2 aromatic rings. The highest BCUT2D eigenvalue weighted by atomic mass is 16.6. The normalized spacial score (nSPS) is 9.70. The van der Waals surface area contributed by atoms with E-state index in [1.807, 2.05) is 6.07 Å². The number of hydrogen-bond acceptors (Lipinski definition) is 5. The van der Waals surface area contributed by atoms with Gasteiger partial charge in [0.1, 0.15) is 17.3 Å². The number of carbonyl (C=O) groups is 1. The van der Waals surface area contributed by atoms with Crippen molar-refractivity contribution in [3.05, 3.63) is 42.5 Å². The van der Waals surface area contributed by atoms with Crippen molar-refractivity contribution < 1.29 is 19.0 Å². The molecule has 1 amide bonds. The van der Waals surface area contributed by atoms with Crippen molar-refractivity contribution in [2.24, 2.45) is 0 Å². The summed E-state index contributed by atoms with van der Waals surface area (Å²) in [6.45, 7) is 0. The molecule has 6 heteroatoms. The number of methoxy groups -OCH3 is 2. The van der Waals surface area contributed by atoms with Crippen LogP contribution in [-0.2, 0) is 0 Å². The summed E-state index contributed by atoms with van der Waals surface area (Å²) in [7, 11) is 2.99. The van der Waals surface area contributed by atoms with E-state index in [9.17, 15) is 4.79 Å². The topological polar surface area (TPSA) is 69.7 Å². The molecule has 0 radical (unpaired) electrons. The maximum atomic E-state index is 11.7. The maximum absolute atomic E-state index is 11.7. The zero-order chi connectivity index (χ0) is 14.4. The second kappa shape index (κ2) is 6.42. The molecule has 1 aromatic carbocycles. The average Bonchev–Trinajstić information content (AvgIpc) is 2.47. The number of amides is 1. The number of hydrogen-bond donors (Lipinski definition) is 1. The molecule has 104 valence electrons. The first kappa shape index (κ1) is 13.7. The van der Waals surface area contributed by atoms with Crippen molar-refractivity contribution in [2.75, 3.05) is 19.5 Å². The van der Waals surface area contributed by atoms with Crippen molar-refractivity contribution in [3.8, 4) is 17.4 Å². The lowest BCUT2D eigenvalue weighted by molar-refractivity contribution is 0.215. The summed E-state index contributed by atoms with van der Waals surface area (Å²) in [5.41, 5.74) is 0. The number of nitrogens with one attached hydrogen (secondary N) is 1. The first-order chi connectivity index (χ1) is 9.71. The Labute approximate surface area is 116 Å². The van der Waals surface area contributed by atoms with Crippen molar-refractivity contribution in [2.45, 2.75) is 0 Å². The Morgan fingerprint density at radius 2 is 1.80 bits per heavy atom. The van der Waals surface area contributed by atoms with Gasteiger partial charge in [0.05, 0.1) is 14.2 Å². The molecule has 0 spiro atoms. The molecule has 1 aromatic heterocycles. The molecule has 0 aliphatic rings. The van der Waals surface area contributed by atoms with Crippen LogP contribution in [-0.4, -0.2) is 25.3 Å². The molecule has 0 saturated heterocycles. The number of carbonyl (C=O) groups excluding carboxylic acids is 1. The molecule has 0 atom stereocenters. The second-order valence-corrected chi connectivity index (χ2v) is 3.76. The SMILES string of the molecule is COc1cc(NC(=O)Oc2ccccc2)nc(OC)c1. The summed E-state index contributed by atoms with van der Waals surface area (Å²) < 4.78 is 15.2. The molecular formula is C14H14N2O4. The molecule has 1 heterocycles. The van der Waals surface area contributed by atoms with Crippen LogP contribution in [0.15, 0.2) is 42.5 Å². The number of anilines is 1. The van der Waals surface area contributed by atoms with E-state index in [0.29, 0.717) is 17.4 Å². The molecule has 0 unspecified atom stereocenters. The first-order valence-corrected chi connectivity index (χ1v) is 5.85. The maximum Gasteiger partial charge on any atom is 0.418 e. The Morgan fingerprint density at radius 1 is 1.05 bits per heavy atom. The van der Waals surface area contributed by atoms with Crippen LogP contribution in [0.2, 0.25) is 0 Å². The predicted molar refractivity (Wildman–Crippen MR) is 73.4 cm³/mol. The Hall–Kier alpha value is -2.76. The van der Waals surface area contributed by atoms with Gasteiger partial charge in [-0.1, -0.05) is 18.2 Å². The van der Waals surface area contributed by atoms with Gasteiger partial charge < -0.3 is 14.2 Å². The molecule has 0 aliphatic heterocycles. The highest BCUT2D eigenvalue weighted by molar-refractivity contribution is 5.85. The van der Waals surface area contributed by atoms with E-state index in [-0.39, 0.29) is 5.82 Å². The number of aromatic nitrogens is 1. The Kier molecular flexibility index (Phi) is 4.39. The number of ether oxygens (including phenoxy) is 3. The molecule has 1 N–H and O–H groups in total.